The van der Waals surface area contributed by atoms with Gasteiger partial charge in [-0.25, -0.2) is 0 Å². The molecule has 3 saturated carbocycles. The smallest absolute Gasteiger partial charge is 0.309 e. The molecule has 0 atom stereocenters. The van der Waals surface area contributed by atoms with Gasteiger partial charge in [0.05, 0.1) is 5.92 Å². The van der Waals surface area contributed by atoms with Gasteiger partial charge in [0.1, 0.15) is 6.10 Å². The summed E-state index contributed by atoms with van der Waals surface area (Å²) in [6.45, 7) is 4.71. The molecule has 0 saturated heterocycles. The number of rotatable bonds is 3. The van der Waals surface area contributed by atoms with E-state index in [9.17, 15) is 4.79 Å². The zero-order valence-corrected chi connectivity index (χ0v) is 15.3. The van der Waals surface area contributed by atoms with E-state index in [0.717, 1.165) is 49.4 Å². The number of hydrogen-bond donors (Lipinski definition) is 0. The largest absolute Gasteiger partial charge is 0.462 e. The molecule has 0 unspecified atom stereocenters. The van der Waals surface area contributed by atoms with Crippen LogP contribution < -0.4 is 0 Å². The van der Waals surface area contributed by atoms with E-state index in [1.54, 1.807) is 0 Å². The Labute approximate surface area is 145 Å². The summed E-state index contributed by atoms with van der Waals surface area (Å²) < 4.78 is 5.83. The van der Waals surface area contributed by atoms with Crippen LogP contribution in [0, 0.1) is 29.6 Å². The van der Waals surface area contributed by atoms with Gasteiger partial charge in [-0.3, -0.25) is 4.79 Å². The molecule has 0 bridgehead atoms. The highest BCUT2D eigenvalue weighted by Crippen LogP contribution is 2.41. The number of ether oxygens (including phenoxy) is 1. The molecule has 3 fully saturated rings. The van der Waals surface area contributed by atoms with Gasteiger partial charge in [-0.05, 0) is 87.9 Å². The van der Waals surface area contributed by atoms with Gasteiger partial charge in [-0.15, -0.1) is 0 Å². The van der Waals surface area contributed by atoms with E-state index < -0.39 is 0 Å². The van der Waals surface area contributed by atoms with Gasteiger partial charge in [0.2, 0.25) is 0 Å². The summed E-state index contributed by atoms with van der Waals surface area (Å²) in [5, 5.41) is 0. The van der Waals surface area contributed by atoms with Crippen molar-refractivity contribution in [3.05, 3.63) is 0 Å². The predicted octanol–water partition coefficient (Wildman–Crippen LogP) is 6.23. The van der Waals surface area contributed by atoms with Crippen LogP contribution in [0.3, 0.4) is 0 Å². The first kappa shape index (κ1) is 17.3. The topological polar surface area (TPSA) is 26.3 Å². The van der Waals surface area contributed by atoms with Crippen LogP contribution >= 0.6 is 0 Å². The summed E-state index contributed by atoms with van der Waals surface area (Å²) in [4.78, 5) is 12.5. The highest BCUT2D eigenvalue weighted by atomic mass is 16.5. The van der Waals surface area contributed by atoms with E-state index in [0.29, 0.717) is 0 Å². The molecule has 0 radical (unpaired) electrons. The van der Waals surface area contributed by atoms with E-state index in [1.807, 2.05) is 0 Å². The number of carbonyl (C=O) groups excluding carboxylic acids is 1. The average Bonchev–Trinajstić information content (AvgIpc) is 2.58. The van der Waals surface area contributed by atoms with Crippen LogP contribution in [-0.2, 0) is 9.53 Å². The summed E-state index contributed by atoms with van der Waals surface area (Å²) in [7, 11) is 0. The second-order valence-corrected chi connectivity index (χ2v) is 8.95. The summed E-state index contributed by atoms with van der Waals surface area (Å²) >= 11 is 0. The van der Waals surface area contributed by atoms with Crippen molar-refractivity contribution in [2.45, 2.75) is 97.0 Å². The standard InChI is InChI=1S/C21H36O2.2H2/c1-15-3-7-17(8-4-15)18-9-11-19(12-10-18)21(22)23-20-13-5-16(2)6-14-20;;/h15-20H,3-14H2,1-2H3;2*1H. The number of carbonyl (C=O) groups is 1. The molecule has 3 aliphatic carbocycles. The molecule has 136 valence electrons. The Morgan fingerprint density at radius 2 is 1.13 bits per heavy atom. The fourth-order valence-electron chi connectivity index (χ4n) is 5.19. The zero-order chi connectivity index (χ0) is 16.2. The molecule has 0 aliphatic heterocycles. The molecule has 2 heteroatoms. The Bertz CT molecular complexity index is 377. The Hall–Kier alpha value is -0.530. The third-order valence-corrected chi connectivity index (χ3v) is 7.08. The van der Waals surface area contributed by atoms with Crippen LogP contribution in [0.25, 0.3) is 0 Å². The Morgan fingerprint density at radius 1 is 0.696 bits per heavy atom. The van der Waals surface area contributed by atoms with E-state index >= 15 is 0 Å². The highest BCUT2D eigenvalue weighted by Gasteiger charge is 2.34. The molecule has 3 rings (SSSR count). The van der Waals surface area contributed by atoms with Crippen molar-refractivity contribution < 1.29 is 12.4 Å². The first-order valence-corrected chi connectivity index (χ1v) is 10.3. The van der Waals surface area contributed by atoms with Crippen molar-refractivity contribution in [1.29, 1.82) is 0 Å². The minimum Gasteiger partial charge on any atom is -0.462 e. The molecule has 3 aliphatic rings. The van der Waals surface area contributed by atoms with Crippen LogP contribution in [-0.4, -0.2) is 12.1 Å². The fraction of sp³-hybridized carbons (Fsp3) is 0.952. The zero-order valence-electron chi connectivity index (χ0n) is 15.3. The Kier molecular flexibility index (Phi) is 6.04. The van der Waals surface area contributed by atoms with Crippen molar-refractivity contribution in [1.82, 2.24) is 0 Å². The van der Waals surface area contributed by atoms with Crippen LogP contribution in [0.1, 0.15) is 93.8 Å². The maximum atomic E-state index is 12.5. The van der Waals surface area contributed by atoms with Crippen LogP contribution in [0.5, 0.6) is 0 Å². The van der Waals surface area contributed by atoms with Crippen molar-refractivity contribution in [2.24, 2.45) is 29.6 Å². The lowest BCUT2D eigenvalue weighted by Crippen LogP contribution is -2.31. The molecule has 23 heavy (non-hydrogen) atoms. The summed E-state index contributed by atoms with van der Waals surface area (Å²) in [6.07, 6.45) is 15.2. The second kappa shape index (κ2) is 8.03. The molecule has 0 aromatic carbocycles. The normalized spacial score (nSPS) is 42.2. The van der Waals surface area contributed by atoms with Crippen molar-refractivity contribution >= 4 is 5.97 Å². The second-order valence-electron chi connectivity index (χ2n) is 8.95. The van der Waals surface area contributed by atoms with E-state index in [-0.39, 0.29) is 20.8 Å². The minimum absolute atomic E-state index is 0. The minimum atomic E-state index is 0. The lowest BCUT2D eigenvalue weighted by atomic mass is 9.69. The lowest BCUT2D eigenvalue weighted by Gasteiger charge is -2.37. The average molecular weight is 325 g/mol. The maximum absolute atomic E-state index is 12.5. The molecule has 0 aromatic heterocycles. The van der Waals surface area contributed by atoms with Crippen LogP contribution in [0.2, 0.25) is 0 Å². The molecule has 0 amide bonds. The summed E-state index contributed by atoms with van der Waals surface area (Å²) in [5.41, 5.74) is 0. The lowest BCUT2D eigenvalue weighted by molar-refractivity contribution is -0.157. The Morgan fingerprint density at radius 3 is 1.65 bits per heavy atom. The molecule has 0 N–H and O–H groups in total. The highest BCUT2D eigenvalue weighted by molar-refractivity contribution is 5.72. The van der Waals surface area contributed by atoms with Gasteiger partial charge in [-0.1, -0.05) is 26.7 Å². The van der Waals surface area contributed by atoms with Gasteiger partial charge in [0.25, 0.3) is 0 Å². The Balaban J connectivity index is 0.00000156. The molecule has 2 nitrogen and oxygen atoms in total. The number of hydrogen-bond acceptors (Lipinski definition) is 2. The predicted molar refractivity (Wildman–Crippen MR) is 98.3 cm³/mol. The monoisotopic (exact) mass is 324 g/mol. The van der Waals surface area contributed by atoms with Gasteiger partial charge in [0, 0.05) is 2.85 Å². The van der Waals surface area contributed by atoms with Gasteiger partial charge in [-0.2, -0.15) is 0 Å². The third kappa shape index (κ3) is 4.73. The summed E-state index contributed by atoms with van der Waals surface area (Å²) in [6, 6.07) is 0. The van der Waals surface area contributed by atoms with E-state index in [1.165, 1.54) is 51.4 Å². The van der Waals surface area contributed by atoms with Crippen LogP contribution in [0.4, 0.5) is 0 Å². The quantitative estimate of drug-likeness (QED) is 0.575. The fourth-order valence-corrected chi connectivity index (χ4v) is 5.19. The van der Waals surface area contributed by atoms with Crippen molar-refractivity contribution in [3.63, 3.8) is 0 Å². The van der Waals surface area contributed by atoms with Crippen LogP contribution in [0.15, 0.2) is 0 Å². The molecule has 0 spiro atoms. The van der Waals surface area contributed by atoms with Crippen molar-refractivity contribution in [2.75, 3.05) is 0 Å². The maximum Gasteiger partial charge on any atom is 0.309 e. The number of esters is 1. The molecule has 0 aromatic rings. The van der Waals surface area contributed by atoms with Gasteiger partial charge < -0.3 is 4.74 Å². The van der Waals surface area contributed by atoms with Gasteiger partial charge >= 0.3 is 5.97 Å². The first-order valence-electron chi connectivity index (χ1n) is 10.3. The van der Waals surface area contributed by atoms with E-state index in [4.69, 9.17) is 4.74 Å². The van der Waals surface area contributed by atoms with Crippen molar-refractivity contribution in [3.8, 4) is 0 Å². The SMILES string of the molecule is CC1CCC(OC(=O)C2CCC(C3CCC(C)CC3)CC2)CC1.[HH].[HH]. The molecular formula is C21H40O2. The molecular weight excluding hydrogens is 284 g/mol. The first-order chi connectivity index (χ1) is 11.1. The molecule has 0 heterocycles. The van der Waals surface area contributed by atoms with Gasteiger partial charge in [0.15, 0.2) is 0 Å². The summed E-state index contributed by atoms with van der Waals surface area (Å²) in [5.74, 6) is 3.92. The third-order valence-electron chi connectivity index (χ3n) is 7.08. The van der Waals surface area contributed by atoms with E-state index in [2.05, 4.69) is 13.8 Å².